The van der Waals surface area contributed by atoms with Gasteiger partial charge >= 0.3 is 0 Å². The van der Waals surface area contributed by atoms with Crippen molar-refractivity contribution in [3.63, 3.8) is 0 Å². The van der Waals surface area contributed by atoms with E-state index in [1.54, 1.807) is 0 Å². The molecule has 0 aromatic heterocycles. The highest BCUT2D eigenvalue weighted by Crippen LogP contribution is 2.21. The third kappa shape index (κ3) is 3.86. The molecule has 0 spiro atoms. The van der Waals surface area contributed by atoms with E-state index in [9.17, 15) is 0 Å². The Morgan fingerprint density at radius 3 is 2.64 bits per heavy atom. The topological polar surface area (TPSA) is 12.0 Å². The molecular formula is C11H14BrNS. The summed E-state index contributed by atoms with van der Waals surface area (Å²) in [6.07, 6.45) is 1.94. The van der Waals surface area contributed by atoms with Crippen molar-refractivity contribution in [2.75, 3.05) is 12.8 Å². The van der Waals surface area contributed by atoms with Crippen molar-refractivity contribution in [2.24, 2.45) is 0 Å². The van der Waals surface area contributed by atoms with Crippen LogP contribution >= 0.6 is 27.7 Å². The Hall–Kier alpha value is -0.250. The van der Waals surface area contributed by atoms with E-state index in [1.807, 2.05) is 24.9 Å². The van der Waals surface area contributed by atoms with Crippen molar-refractivity contribution >= 4 is 27.7 Å². The van der Waals surface area contributed by atoms with Gasteiger partial charge in [0.25, 0.3) is 0 Å². The van der Waals surface area contributed by atoms with E-state index in [-0.39, 0.29) is 0 Å². The zero-order chi connectivity index (χ0) is 10.4. The highest BCUT2D eigenvalue weighted by atomic mass is 79.9. The van der Waals surface area contributed by atoms with E-state index >= 15 is 0 Å². The quantitative estimate of drug-likeness (QED) is 0.652. The predicted octanol–water partition coefficient (Wildman–Crippen LogP) is 3.32. The average Bonchev–Trinajstić information content (AvgIpc) is 2.22. The summed E-state index contributed by atoms with van der Waals surface area (Å²) in [4.78, 5) is 1.29. The maximum atomic E-state index is 3.77. The van der Waals surface area contributed by atoms with E-state index in [0.29, 0.717) is 6.04 Å². The van der Waals surface area contributed by atoms with E-state index in [2.05, 4.69) is 52.1 Å². The monoisotopic (exact) mass is 271 g/mol. The number of hydrogen-bond donors (Lipinski definition) is 1. The Balaban J connectivity index is 2.45. The highest BCUT2D eigenvalue weighted by molar-refractivity contribution is 9.10. The van der Waals surface area contributed by atoms with Crippen molar-refractivity contribution in [2.45, 2.75) is 10.9 Å². The minimum atomic E-state index is 0.378. The van der Waals surface area contributed by atoms with Gasteiger partial charge in [-0.05, 0) is 31.3 Å². The molecule has 0 aliphatic rings. The lowest BCUT2D eigenvalue weighted by molar-refractivity contribution is 0.740. The minimum absolute atomic E-state index is 0.378. The molecular weight excluding hydrogens is 258 g/mol. The summed E-state index contributed by atoms with van der Waals surface area (Å²) < 4.78 is 1.12. The van der Waals surface area contributed by atoms with Crippen LogP contribution < -0.4 is 5.32 Å². The second-order valence-corrected chi connectivity index (χ2v) is 4.90. The molecule has 1 unspecified atom stereocenters. The summed E-state index contributed by atoms with van der Waals surface area (Å²) in [5.41, 5.74) is 0. The zero-order valence-electron chi connectivity index (χ0n) is 8.16. The average molecular weight is 272 g/mol. The molecule has 0 radical (unpaired) electrons. The lowest BCUT2D eigenvalue weighted by Crippen LogP contribution is -2.24. The Morgan fingerprint density at radius 1 is 1.50 bits per heavy atom. The Morgan fingerprint density at radius 2 is 2.14 bits per heavy atom. The minimum Gasteiger partial charge on any atom is -0.313 e. The molecule has 0 fully saturated rings. The number of nitrogens with one attached hydrogen (secondary N) is 1. The van der Waals surface area contributed by atoms with Crippen molar-refractivity contribution in [1.29, 1.82) is 0 Å². The van der Waals surface area contributed by atoms with Crippen LogP contribution in [0.15, 0.2) is 46.3 Å². The molecule has 1 atom stereocenters. The molecule has 76 valence electrons. The van der Waals surface area contributed by atoms with Gasteiger partial charge in [0.2, 0.25) is 0 Å². The van der Waals surface area contributed by atoms with Crippen LogP contribution in [0.25, 0.3) is 0 Å². The van der Waals surface area contributed by atoms with E-state index in [0.717, 1.165) is 10.2 Å². The summed E-state index contributed by atoms with van der Waals surface area (Å²) in [6, 6.07) is 8.73. The Kier molecular flexibility index (Phi) is 5.30. The van der Waals surface area contributed by atoms with Crippen LogP contribution in [-0.2, 0) is 0 Å². The summed E-state index contributed by atoms with van der Waals surface area (Å²) in [5, 5.41) is 3.19. The van der Waals surface area contributed by atoms with Crippen LogP contribution in [0.4, 0.5) is 0 Å². The highest BCUT2D eigenvalue weighted by Gasteiger charge is 2.01. The van der Waals surface area contributed by atoms with Crippen LogP contribution in [-0.4, -0.2) is 18.8 Å². The van der Waals surface area contributed by atoms with E-state index in [4.69, 9.17) is 0 Å². The van der Waals surface area contributed by atoms with Gasteiger partial charge in [-0.3, -0.25) is 0 Å². The van der Waals surface area contributed by atoms with Gasteiger partial charge in [0, 0.05) is 21.2 Å². The van der Waals surface area contributed by atoms with Crippen molar-refractivity contribution < 1.29 is 0 Å². The summed E-state index contributed by atoms with van der Waals surface area (Å²) >= 11 is 5.25. The number of thioether (sulfide) groups is 1. The molecule has 1 aromatic rings. The largest absolute Gasteiger partial charge is 0.313 e. The zero-order valence-corrected chi connectivity index (χ0v) is 10.6. The fourth-order valence-electron chi connectivity index (χ4n) is 0.986. The number of hydrogen-bond acceptors (Lipinski definition) is 2. The summed E-state index contributed by atoms with van der Waals surface area (Å²) in [5.74, 6) is 1.02. The number of likely N-dealkylation sites (N-methyl/N-ethyl adjacent to an activating group) is 1. The Labute approximate surface area is 98.1 Å². The lowest BCUT2D eigenvalue weighted by Gasteiger charge is -2.10. The molecule has 0 saturated carbocycles. The van der Waals surface area contributed by atoms with E-state index in [1.165, 1.54) is 4.90 Å². The summed E-state index contributed by atoms with van der Waals surface area (Å²) in [6.45, 7) is 3.77. The van der Waals surface area contributed by atoms with Crippen LogP contribution in [0.3, 0.4) is 0 Å². The molecule has 0 amide bonds. The van der Waals surface area contributed by atoms with Gasteiger partial charge in [-0.25, -0.2) is 0 Å². The predicted molar refractivity (Wildman–Crippen MR) is 67.9 cm³/mol. The first-order valence-electron chi connectivity index (χ1n) is 4.44. The molecule has 14 heavy (non-hydrogen) atoms. The number of halogens is 1. The van der Waals surface area contributed by atoms with E-state index < -0.39 is 0 Å². The van der Waals surface area contributed by atoms with Crippen molar-refractivity contribution in [3.8, 4) is 0 Å². The fourth-order valence-corrected chi connectivity index (χ4v) is 2.25. The normalized spacial score (nSPS) is 12.4. The van der Waals surface area contributed by atoms with Gasteiger partial charge in [0.05, 0.1) is 0 Å². The smallest absolute Gasteiger partial charge is 0.0339 e. The van der Waals surface area contributed by atoms with Crippen LogP contribution in [0.1, 0.15) is 0 Å². The molecule has 3 heteroatoms. The van der Waals surface area contributed by atoms with Crippen molar-refractivity contribution in [1.82, 2.24) is 5.32 Å². The molecule has 1 rings (SSSR count). The second kappa shape index (κ2) is 6.27. The first-order valence-corrected chi connectivity index (χ1v) is 6.22. The molecule has 1 aromatic carbocycles. The van der Waals surface area contributed by atoms with Gasteiger partial charge in [-0.15, -0.1) is 18.3 Å². The van der Waals surface area contributed by atoms with Crippen LogP contribution in [0, 0.1) is 0 Å². The van der Waals surface area contributed by atoms with Crippen LogP contribution in [0.5, 0.6) is 0 Å². The molecule has 0 aliphatic heterocycles. The second-order valence-electron chi connectivity index (χ2n) is 2.90. The Bertz CT molecular complexity index is 284. The fraction of sp³-hybridized carbons (Fsp3) is 0.273. The third-order valence-electron chi connectivity index (χ3n) is 1.90. The lowest BCUT2D eigenvalue weighted by atomic mass is 10.3. The standard InChI is InChI=1S/C11H14BrNS/c1-3-10(13-2)8-14-11-6-4-9(12)5-7-11/h3-7,10,13H,1,8H2,2H3. The maximum absolute atomic E-state index is 3.77. The maximum Gasteiger partial charge on any atom is 0.0339 e. The third-order valence-corrected chi connectivity index (χ3v) is 3.56. The summed E-state index contributed by atoms with van der Waals surface area (Å²) in [7, 11) is 1.95. The van der Waals surface area contributed by atoms with Gasteiger partial charge < -0.3 is 5.32 Å². The first kappa shape index (κ1) is 11.8. The molecule has 0 saturated heterocycles. The van der Waals surface area contributed by atoms with Gasteiger partial charge in [0.15, 0.2) is 0 Å². The van der Waals surface area contributed by atoms with Gasteiger partial charge in [-0.2, -0.15) is 0 Å². The van der Waals surface area contributed by atoms with Crippen molar-refractivity contribution in [3.05, 3.63) is 41.4 Å². The first-order chi connectivity index (χ1) is 6.76. The molecule has 0 aliphatic carbocycles. The molecule has 0 heterocycles. The molecule has 1 nitrogen and oxygen atoms in total. The SMILES string of the molecule is C=CC(CSc1ccc(Br)cc1)NC. The molecule has 0 bridgehead atoms. The number of benzene rings is 1. The molecule has 1 N–H and O–H groups in total. The number of rotatable bonds is 5. The van der Waals surface area contributed by atoms with Gasteiger partial charge in [-0.1, -0.05) is 22.0 Å². The van der Waals surface area contributed by atoms with Gasteiger partial charge in [0.1, 0.15) is 0 Å². The van der Waals surface area contributed by atoms with Crippen LogP contribution in [0.2, 0.25) is 0 Å².